The minimum absolute atomic E-state index is 0.135. The molecule has 33 heavy (non-hydrogen) atoms. The summed E-state index contributed by atoms with van der Waals surface area (Å²) in [4.78, 5) is 15.9. The van der Waals surface area contributed by atoms with Gasteiger partial charge >= 0.3 is 12.4 Å². The van der Waals surface area contributed by atoms with Gasteiger partial charge in [-0.15, -0.1) is 13.2 Å². The van der Waals surface area contributed by atoms with Gasteiger partial charge in [-0.1, -0.05) is 42.4 Å². The Morgan fingerprint density at radius 3 is 2.03 bits per heavy atom. The predicted molar refractivity (Wildman–Crippen MR) is 122 cm³/mol. The molecule has 1 fully saturated rings. The van der Waals surface area contributed by atoms with Gasteiger partial charge in [0.05, 0.1) is 6.04 Å². The molecule has 1 heterocycles. The molecule has 0 radical (unpaired) electrons. The third-order valence-corrected chi connectivity index (χ3v) is 5.61. The van der Waals surface area contributed by atoms with Crippen LogP contribution in [-0.2, 0) is 4.74 Å². The molecule has 1 aliphatic rings. The average Bonchev–Trinajstić information content (AvgIpc) is 2.93. The SMILES string of the molecule is C=C/C(=C\C(=C)OC(F)(F)F)C1(O)C(C)N(c2ccc(Cl)cc2)C(=O)N1c1ccc(Cl)cc1. The summed E-state index contributed by atoms with van der Waals surface area (Å²) < 4.78 is 41.9. The smallest absolute Gasteiger partial charge is 0.406 e. The minimum atomic E-state index is -4.98. The van der Waals surface area contributed by atoms with Crippen molar-refractivity contribution in [3.63, 3.8) is 0 Å². The quantitative estimate of drug-likeness (QED) is 0.357. The lowest BCUT2D eigenvalue weighted by molar-refractivity contribution is -0.303. The van der Waals surface area contributed by atoms with Gasteiger partial charge in [0.15, 0.2) is 5.72 Å². The average molecular weight is 499 g/mol. The second-order valence-electron chi connectivity index (χ2n) is 7.16. The van der Waals surface area contributed by atoms with E-state index in [9.17, 15) is 23.1 Å². The summed E-state index contributed by atoms with van der Waals surface area (Å²) in [5, 5.41) is 12.7. The number of benzene rings is 2. The summed E-state index contributed by atoms with van der Waals surface area (Å²) in [5.41, 5.74) is -1.61. The van der Waals surface area contributed by atoms with Crippen LogP contribution in [0.15, 0.2) is 85.2 Å². The van der Waals surface area contributed by atoms with Crippen LogP contribution in [0.2, 0.25) is 10.0 Å². The molecule has 2 atom stereocenters. The predicted octanol–water partition coefficient (Wildman–Crippen LogP) is 6.68. The van der Waals surface area contributed by atoms with E-state index in [0.717, 1.165) is 17.1 Å². The summed E-state index contributed by atoms with van der Waals surface area (Å²) >= 11 is 11.9. The molecule has 2 unspecified atom stereocenters. The molecule has 2 aromatic carbocycles. The second-order valence-corrected chi connectivity index (χ2v) is 8.03. The third kappa shape index (κ3) is 4.88. The Labute approximate surface area is 198 Å². The van der Waals surface area contributed by atoms with Crippen LogP contribution in [0, 0.1) is 0 Å². The Morgan fingerprint density at radius 1 is 1.09 bits per heavy atom. The number of aliphatic hydroxyl groups is 1. The van der Waals surface area contributed by atoms with E-state index in [0.29, 0.717) is 15.7 Å². The molecule has 0 aromatic heterocycles. The molecule has 1 N–H and O–H groups in total. The first-order valence-corrected chi connectivity index (χ1v) is 10.3. The Morgan fingerprint density at radius 2 is 1.58 bits per heavy atom. The van der Waals surface area contributed by atoms with Crippen LogP contribution in [0.25, 0.3) is 0 Å². The first-order chi connectivity index (χ1) is 15.4. The third-order valence-electron chi connectivity index (χ3n) is 5.11. The van der Waals surface area contributed by atoms with Crippen molar-refractivity contribution in [1.82, 2.24) is 0 Å². The fourth-order valence-corrected chi connectivity index (χ4v) is 3.91. The number of amides is 2. The van der Waals surface area contributed by atoms with E-state index in [1.54, 1.807) is 31.2 Å². The van der Waals surface area contributed by atoms with Gasteiger partial charge in [0, 0.05) is 27.0 Å². The van der Waals surface area contributed by atoms with E-state index in [1.165, 1.54) is 29.2 Å². The zero-order valence-electron chi connectivity index (χ0n) is 17.3. The summed E-state index contributed by atoms with van der Waals surface area (Å²) in [7, 11) is 0. The number of hydrogen-bond donors (Lipinski definition) is 1. The normalized spacial score (nSPS) is 21.4. The van der Waals surface area contributed by atoms with E-state index in [1.807, 2.05) is 0 Å². The van der Waals surface area contributed by atoms with Crippen molar-refractivity contribution >= 4 is 40.6 Å². The van der Waals surface area contributed by atoms with E-state index in [2.05, 4.69) is 17.9 Å². The number of carbonyl (C=O) groups excluding carboxylic acids is 1. The molecular weight excluding hydrogens is 480 g/mol. The van der Waals surface area contributed by atoms with Gasteiger partial charge in [0.25, 0.3) is 0 Å². The van der Waals surface area contributed by atoms with Gasteiger partial charge in [-0.3, -0.25) is 9.80 Å². The first kappa shape index (κ1) is 24.7. The molecule has 2 aromatic rings. The lowest BCUT2D eigenvalue weighted by atomic mass is 9.93. The fourth-order valence-electron chi connectivity index (χ4n) is 3.66. The van der Waals surface area contributed by atoms with Crippen LogP contribution in [0.1, 0.15) is 6.92 Å². The molecule has 1 aliphatic heterocycles. The van der Waals surface area contributed by atoms with Gasteiger partial charge < -0.3 is 9.84 Å². The lowest BCUT2D eigenvalue weighted by Gasteiger charge is -2.36. The Bertz CT molecular complexity index is 1100. The number of allylic oxidation sites excluding steroid dienone is 1. The van der Waals surface area contributed by atoms with Crippen molar-refractivity contribution in [2.45, 2.75) is 25.1 Å². The van der Waals surface area contributed by atoms with Crippen LogP contribution in [0.3, 0.4) is 0 Å². The molecular formula is C23H19Cl2F3N2O3. The highest BCUT2D eigenvalue weighted by Gasteiger charge is 2.57. The Kier molecular flexibility index (Phi) is 6.83. The Balaban J connectivity index is 2.17. The van der Waals surface area contributed by atoms with Crippen LogP contribution in [-0.4, -0.2) is 29.3 Å². The first-order valence-electron chi connectivity index (χ1n) is 9.54. The number of urea groups is 1. The zero-order chi connectivity index (χ0) is 24.6. The number of carbonyl (C=O) groups is 1. The van der Waals surface area contributed by atoms with Crippen molar-refractivity contribution < 1.29 is 27.8 Å². The molecule has 0 spiro atoms. The molecule has 174 valence electrons. The summed E-state index contributed by atoms with van der Waals surface area (Å²) in [6.45, 7) is 8.40. The van der Waals surface area contributed by atoms with Crippen LogP contribution in [0.5, 0.6) is 0 Å². The summed E-state index contributed by atoms with van der Waals surface area (Å²) in [6, 6.07) is 10.8. The topological polar surface area (TPSA) is 53.0 Å². The van der Waals surface area contributed by atoms with Gasteiger partial charge in [0.1, 0.15) is 5.76 Å². The van der Waals surface area contributed by atoms with Crippen LogP contribution in [0.4, 0.5) is 29.3 Å². The van der Waals surface area contributed by atoms with Crippen molar-refractivity contribution in [1.29, 1.82) is 0 Å². The van der Waals surface area contributed by atoms with E-state index < -0.39 is 29.9 Å². The van der Waals surface area contributed by atoms with Gasteiger partial charge in [-0.25, -0.2) is 4.79 Å². The highest BCUT2D eigenvalue weighted by molar-refractivity contribution is 6.31. The maximum Gasteiger partial charge on any atom is 0.573 e. The van der Waals surface area contributed by atoms with Crippen LogP contribution < -0.4 is 9.80 Å². The highest BCUT2D eigenvalue weighted by atomic mass is 35.5. The number of rotatable bonds is 6. The molecule has 0 bridgehead atoms. The number of alkyl halides is 3. The summed E-state index contributed by atoms with van der Waals surface area (Å²) in [5.74, 6) is -0.786. The van der Waals surface area contributed by atoms with Crippen molar-refractivity contribution in [2.75, 3.05) is 9.80 Å². The molecule has 2 amide bonds. The number of hydrogen-bond acceptors (Lipinski definition) is 3. The summed E-state index contributed by atoms with van der Waals surface area (Å²) in [6.07, 6.45) is -2.95. The number of anilines is 2. The maximum absolute atomic E-state index is 13.6. The van der Waals surface area contributed by atoms with Crippen molar-refractivity contribution in [2.24, 2.45) is 0 Å². The zero-order valence-corrected chi connectivity index (χ0v) is 18.8. The van der Waals surface area contributed by atoms with E-state index >= 15 is 0 Å². The molecule has 0 aliphatic carbocycles. The molecule has 1 saturated heterocycles. The molecule has 3 rings (SSSR count). The standard InChI is InChI=1S/C23H19Cl2F3N2O3/c1-4-16(13-14(2)33-23(26,27)28)22(32)15(3)29(19-9-5-17(24)6-10-19)21(31)30(22)20-11-7-18(25)8-12-20/h4-13,15,32H,1-2H2,3H3/b16-13+. The monoisotopic (exact) mass is 498 g/mol. The number of halogens is 5. The van der Waals surface area contributed by atoms with Gasteiger partial charge in [-0.2, -0.15) is 0 Å². The minimum Gasteiger partial charge on any atom is -0.406 e. The molecule has 0 saturated carbocycles. The van der Waals surface area contributed by atoms with E-state index in [4.69, 9.17) is 23.2 Å². The lowest BCUT2D eigenvalue weighted by Crippen LogP contribution is -2.52. The number of nitrogens with zero attached hydrogens (tertiary/aromatic N) is 2. The van der Waals surface area contributed by atoms with Crippen molar-refractivity contribution in [3.05, 3.63) is 95.2 Å². The highest BCUT2D eigenvalue weighted by Crippen LogP contribution is 2.43. The molecule has 5 nitrogen and oxygen atoms in total. The fraction of sp³-hybridized carbons (Fsp3) is 0.174. The van der Waals surface area contributed by atoms with E-state index in [-0.39, 0.29) is 11.3 Å². The second kappa shape index (κ2) is 9.13. The number of ether oxygens (including phenoxy) is 1. The Hall–Kier alpha value is -2.94. The van der Waals surface area contributed by atoms with Crippen LogP contribution >= 0.6 is 23.2 Å². The largest absolute Gasteiger partial charge is 0.573 e. The van der Waals surface area contributed by atoms with Crippen molar-refractivity contribution in [3.8, 4) is 0 Å². The van der Waals surface area contributed by atoms with Gasteiger partial charge in [-0.05, 0) is 61.5 Å². The maximum atomic E-state index is 13.6. The molecule has 10 heteroatoms. The van der Waals surface area contributed by atoms with Gasteiger partial charge in [0.2, 0.25) is 0 Å².